The number of carbonyl (C=O) groups excluding carboxylic acids is 7. The molecular formula is C58H77N9O13PS3+. The molecule has 4 aliphatic rings. The number of Topliss-reactive ketones (excluding diaryl/α,β-unsaturated/α-hetero) is 1. The van der Waals surface area contributed by atoms with E-state index in [2.05, 4.69) is 93.0 Å². The third-order valence-electron chi connectivity index (χ3n) is 15.8. The number of allylic oxidation sites excluding steroid dienone is 2. The van der Waals surface area contributed by atoms with E-state index in [1.165, 1.54) is 21.6 Å². The Morgan fingerprint density at radius 3 is 2.18 bits per heavy atom. The van der Waals surface area contributed by atoms with Crippen molar-refractivity contribution in [2.45, 2.75) is 132 Å². The molecule has 2 fully saturated rings. The predicted molar refractivity (Wildman–Crippen MR) is 322 cm³/mol. The summed E-state index contributed by atoms with van der Waals surface area (Å²) >= 11 is 0. The fourth-order valence-electron chi connectivity index (χ4n) is 11.5. The molecule has 3 aliphatic heterocycles. The van der Waals surface area contributed by atoms with E-state index in [1.807, 2.05) is 73.6 Å². The summed E-state index contributed by atoms with van der Waals surface area (Å²) in [6.45, 7) is 9.47. The molecule has 454 valence electrons. The maximum absolute atomic E-state index is 14.6. The van der Waals surface area contributed by atoms with Crippen LogP contribution in [-0.2, 0) is 59.1 Å². The molecule has 0 spiro atoms. The number of carbonyl (C=O) groups is 7. The molecule has 1 saturated heterocycles. The third kappa shape index (κ3) is 16.7. The molecule has 2 aromatic carbocycles. The molecule has 5 unspecified atom stereocenters. The lowest BCUT2D eigenvalue weighted by Crippen LogP contribution is -2.59. The van der Waals surface area contributed by atoms with Crippen molar-refractivity contribution in [1.82, 2.24) is 36.5 Å². The zero-order valence-electron chi connectivity index (χ0n) is 48.2. The van der Waals surface area contributed by atoms with E-state index >= 15 is 0 Å². The quantitative estimate of drug-likeness (QED) is 0.0121. The molecule has 3 aromatic rings. The number of pyridine rings is 1. The van der Waals surface area contributed by atoms with Gasteiger partial charge in [0, 0.05) is 91.4 Å². The fraction of sp³-hybridized carbons (Fsp3) is 0.500. The van der Waals surface area contributed by atoms with Gasteiger partial charge in [-0.3, -0.25) is 52.9 Å². The molecule has 22 nitrogen and oxygen atoms in total. The number of hydrogen-bond donors (Lipinski definition) is 8. The first kappa shape index (κ1) is 65.5. The van der Waals surface area contributed by atoms with Crippen LogP contribution in [0.2, 0.25) is 0 Å². The van der Waals surface area contributed by atoms with Crippen molar-refractivity contribution in [3.63, 3.8) is 0 Å². The van der Waals surface area contributed by atoms with Crippen LogP contribution in [0.5, 0.6) is 0 Å². The van der Waals surface area contributed by atoms with Crippen LogP contribution in [-0.4, -0.2) is 160 Å². The maximum Gasteiger partial charge on any atom is 0.325 e. The normalized spacial score (nSPS) is 20.7. The Hall–Kier alpha value is -6.05. The SMILES string of the molecule is CN1C(=CC2C(=O)C(=CC3=[N+](C)c4ccccc4C3(C)C)C2N2CCCC2C(=O)NC(=O)CCCCC(=O)NC(CS(=O)(=O)O)C(=O)NC(CCP(=O)(O)O)C(=O)NCCCCC(=O)NCCSSc2ccccn2)C(C)(C)c2ccccc21. The van der Waals surface area contributed by atoms with Crippen molar-refractivity contribution < 1.29 is 65.5 Å². The average molecular weight is 1240 g/mol. The summed E-state index contributed by atoms with van der Waals surface area (Å²) in [4.78, 5) is 122. The van der Waals surface area contributed by atoms with Gasteiger partial charge in [0.05, 0.1) is 29.6 Å². The fourth-order valence-corrected chi connectivity index (χ4v) is 14.5. The zero-order chi connectivity index (χ0) is 61.1. The number of amides is 6. The number of nitrogens with zero attached hydrogens (tertiary/aromatic N) is 4. The van der Waals surface area contributed by atoms with Crippen LogP contribution < -0.4 is 31.5 Å². The monoisotopic (exact) mass is 1230 g/mol. The van der Waals surface area contributed by atoms with E-state index in [4.69, 9.17) is 0 Å². The molecule has 6 amide bonds. The van der Waals surface area contributed by atoms with Gasteiger partial charge in [0.15, 0.2) is 11.5 Å². The van der Waals surface area contributed by atoms with E-state index in [1.54, 1.807) is 6.20 Å². The summed E-state index contributed by atoms with van der Waals surface area (Å²) < 4.78 is 47.7. The molecule has 4 heterocycles. The number of likely N-dealkylation sites (N-methyl/N-ethyl adjacent to an activating group) is 1. The van der Waals surface area contributed by atoms with Crippen LogP contribution in [0.25, 0.3) is 0 Å². The molecule has 7 rings (SSSR count). The number of hydrogen-bond acceptors (Lipinski definition) is 15. The van der Waals surface area contributed by atoms with Crippen molar-refractivity contribution >= 4 is 97.6 Å². The van der Waals surface area contributed by atoms with Crippen molar-refractivity contribution in [3.05, 3.63) is 107 Å². The van der Waals surface area contributed by atoms with Crippen LogP contribution in [0.3, 0.4) is 0 Å². The first-order chi connectivity index (χ1) is 39.7. The maximum atomic E-state index is 14.6. The highest BCUT2D eigenvalue weighted by Crippen LogP contribution is 2.50. The summed E-state index contributed by atoms with van der Waals surface area (Å²) in [7, 11) is -2.62. The molecule has 26 heteroatoms. The molecular weight excluding hydrogens is 1160 g/mol. The first-order valence-corrected chi connectivity index (χ1v) is 33.9. The number of ketones is 1. The Morgan fingerprint density at radius 2 is 1.50 bits per heavy atom. The number of aromatic nitrogens is 1. The standard InChI is InChI=1S/C58H76N9O13PS3/c1-57(2)39-18-7-9-20-43(39)65(5)46(57)34-37-52(38(53(37)71)35-47-58(3,4)40-19-8-10-21-44(40)66(47)6)67-31-17-22-45(67)56(74)64-50(70)25-12-11-24-49(69)62-42(36-84(78,79)80)55(73)63-41(27-32-81(75,76)77)54(72)61-29-15-13-23-48(68)59-30-33-82-83-51-26-14-16-28-60-51/h7-10,14,16,18-21,26,28,34-35,37,41-42,45,52H,11-13,15,17,22-25,27,29-33,36H2,1-6H3,(H7-,59,61,62,63,64,68,69,70,72,73,74,75,76,77,78,79,80)/p+1. The van der Waals surface area contributed by atoms with Crippen LogP contribution in [0.15, 0.2) is 101 Å². The van der Waals surface area contributed by atoms with E-state index in [0.29, 0.717) is 50.1 Å². The molecule has 1 saturated carbocycles. The summed E-state index contributed by atoms with van der Waals surface area (Å²) in [5, 5.41) is 13.2. The second-order valence-corrected chi connectivity index (χ2v) is 28.3. The van der Waals surface area contributed by atoms with Gasteiger partial charge < -0.3 is 36.0 Å². The Bertz CT molecular complexity index is 3240. The summed E-state index contributed by atoms with van der Waals surface area (Å²) in [6.07, 6.45) is 5.86. The van der Waals surface area contributed by atoms with E-state index in [-0.39, 0.29) is 50.3 Å². The second-order valence-electron chi connectivity index (χ2n) is 22.6. The Labute approximate surface area is 498 Å². The van der Waals surface area contributed by atoms with Gasteiger partial charge >= 0.3 is 7.60 Å². The Balaban J connectivity index is 0.917. The van der Waals surface area contributed by atoms with Gasteiger partial charge in [0.1, 0.15) is 29.9 Å². The minimum absolute atomic E-state index is 0.0153. The van der Waals surface area contributed by atoms with Gasteiger partial charge in [-0.15, -0.1) is 0 Å². The smallest absolute Gasteiger partial charge is 0.325 e. The number of benzene rings is 2. The highest BCUT2D eigenvalue weighted by Gasteiger charge is 2.54. The minimum Gasteiger partial charge on any atom is -0.355 e. The number of nitrogens with one attached hydrogen (secondary N) is 5. The summed E-state index contributed by atoms with van der Waals surface area (Å²) in [5.41, 5.74) is 6.00. The molecule has 84 heavy (non-hydrogen) atoms. The van der Waals surface area contributed by atoms with E-state index in [9.17, 15) is 60.9 Å². The number of fused-ring (bicyclic) bond motifs is 2. The lowest BCUT2D eigenvalue weighted by atomic mass is 9.68. The predicted octanol–water partition coefficient (Wildman–Crippen LogP) is 4.83. The lowest BCUT2D eigenvalue weighted by molar-refractivity contribution is -0.401. The third-order valence-corrected chi connectivity index (χ3v) is 19.7. The van der Waals surface area contributed by atoms with Crippen molar-refractivity contribution in [3.8, 4) is 0 Å². The van der Waals surface area contributed by atoms with Gasteiger partial charge in [-0.2, -0.15) is 13.0 Å². The van der Waals surface area contributed by atoms with Crippen LogP contribution in [0, 0.1) is 5.92 Å². The summed E-state index contributed by atoms with van der Waals surface area (Å²) in [5.74, 6) is -5.59. The summed E-state index contributed by atoms with van der Waals surface area (Å²) in [6, 6.07) is 17.1. The largest absolute Gasteiger partial charge is 0.355 e. The van der Waals surface area contributed by atoms with Crippen LogP contribution in [0.4, 0.5) is 11.4 Å². The molecule has 0 bridgehead atoms. The number of imide groups is 1. The Kier molecular flexibility index (Phi) is 22.2. The number of para-hydroxylation sites is 2. The first-order valence-electron chi connectivity index (χ1n) is 28.1. The average Bonchev–Trinajstić information content (AvgIpc) is 2.08. The highest BCUT2D eigenvalue weighted by molar-refractivity contribution is 8.76. The number of anilines is 1. The Morgan fingerprint density at radius 1 is 0.833 bits per heavy atom. The second kappa shape index (κ2) is 28.4. The number of likely N-dealkylation sites (tertiary alicyclic amines) is 1. The van der Waals surface area contributed by atoms with Gasteiger partial charge in [-0.25, -0.2) is 4.98 Å². The molecule has 5 atom stereocenters. The van der Waals surface area contributed by atoms with Gasteiger partial charge in [-0.1, -0.05) is 73.2 Å². The van der Waals surface area contributed by atoms with Crippen molar-refractivity contribution in [1.29, 1.82) is 0 Å². The number of unbranched alkanes of at least 4 members (excludes halogenated alkanes) is 2. The number of rotatable bonds is 28. The molecule has 0 radical (unpaired) electrons. The van der Waals surface area contributed by atoms with Crippen LogP contribution in [0.1, 0.15) is 103 Å². The van der Waals surface area contributed by atoms with Gasteiger partial charge in [-0.05, 0) is 99.9 Å². The van der Waals surface area contributed by atoms with Gasteiger partial charge in [0.25, 0.3) is 10.1 Å². The van der Waals surface area contributed by atoms with Crippen molar-refractivity contribution in [2.75, 3.05) is 56.3 Å². The van der Waals surface area contributed by atoms with E-state index in [0.717, 1.165) is 38.9 Å². The van der Waals surface area contributed by atoms with Crippen LogP contribution >= 0.6 is 29.2 Å². The molecule has 1 aromatic heterocycles. The lowest BCUT2D eigenvalue weighted by Gasteiger charge is -2.45. The van der Waals surface area contributed by atoms with E-state index < -0.39 is 107 Å². The molecule has 1 aliphatic carbocycles. The van der Waals surface area contributed by atoms with Crippen molar-refractivity contribution in [2.24, 2.45) is 5.92 Å². The highest BCUT2D eigenvalue weighted by atomic mass is 33.1. The topological polar surface area (TPSA) is 314 Å². The van der Waals surface area contributed by atoms with Gasteiger partial charge in [0.2, 0.25) is 41.1 Å². The molecule has 8 N–H and O–H groups in total. The zero-order valence-corrected chi connectivity index (χ0v) is 51.5. The minimum atomic E-state index is -4.92.